The summed E-state index contributed by atoms with van der Waals surface area (Å²) in [7, 11) is 0. The molecule has 116 valence electrons. The lowest BCUT2D eigenvalue weighted by atomic mass is 10.1. The number of ketones is 1. The first-order valence-corrected chi connectivity index (χ1v) is 7.78. The molecule has 0 fully saturated rings. The second-order valence-electron chi connectivity index (χ2n) is 4.73. The number of Topliss-reactive ketones (excluding diaryl/α,β-unsaturated/α-hetero) is 1. The molecule has 1 atom stereocenters. The van der Waals surface area contributed by atoms with Crippen LogP contribution in [0.15, 0.2) is 34.4 Å². The molecule has 2 rings (SSSR count). The normalized spacial score (nSPS) is 12.0. The average molecular weight is 340 g/mol. The van der Waals surface area contributed by atoms with Crippen LogP contribution in [0.2, 0.25) is 5.02 Å². The van der Waals surface area contributed by atoms with Crippen molar-refractivity contribution in [2.24, 2.45) is 0 Å². The van der Waals surface area contributed by atoms with Crippen molar-refractivity contribution in [1.82, 2.24) is 4.57 Å². The Morgan fingerprint density at radius 1 is 1.32 bits per heavy atom. The maximum Gasteiger partial charge on any atom is 0.326 e. The van der Waals surface area contributed by atoms with Crippen LogP contribution in [0, 0.1) is 6.92 Å². The molecular weight excluding hydrogens is 326 g/mol. The van der Waals surface area contributed by atoms with Crippen LogP contribution in [0.3, 0.4) is 0 Å². The van der Waals surface area contributed by atoms with Crippen LogP contribution in [-0.4, -0.2) is 22.4 Å². The van der Waals surface area contributed by atoms with Gasteiger partial charge in [0, 0.05) is 21.7 Å². The Kier molecular flexibility index (Phi) is 5.15. The van der Waals surface area contributed by atoms with Gasteiger partial charge >= 0.3 is 10.8 Å². The summed E-state index contributed by atoms with van der Waals surface area (Å²) >= 11 is 6.78. The van der Waals surface area contributed by atoms with Crippen LogP contribution in [0.25, 0.3) is 0 Å². The zero-order valence-corrected chi connectivity index (χ0v) is 13.6. The number of aromatic nitrogens is 1. The van der Waals surface area contributed by atoms with Gasteiger partial charge in [-0.05, 0) is 38.1 Å². The molecule has 0 aliphatic rings. The number of carbonyl (C=O) groups is 2. The van der Waals surface area contributed by atoms with E-state index < -0.39 is 12.1 Å². The van der Waals surface area contributed by atoms with E-state index in [-0.39, 0.29) is 17.2 Å². The van der Waals surface area contributed by atoms with Gasteiger partial charge in [-0.25, -0.2) is 0 Å². The van der Waals surface area contributed by atoms with Crippen molar-refractivity contribution in [3.05, 3.63) is 55.6 Å². The van der Waals surface area contributed by atoms with Crippen LogP contribution >= 0.6 is 22.9 Å². The zero-order chi connectivity index (χ0) is 16.3. The number of hydrogen-bond acceptors (Lipinski definition) is 5. The van der Waals surface area contributed by atoms with E-state index in [0.29, 0.717) is 16.3 Å². The van der Waals surface area contributed by atoms with Gasteiger partial charge in [0.15, 0.2) is 6.10 Å². The number of carbonyl (C=O) groups excluding carboxylic acids is 2. The molecule has 0 radical (unpaired) electrons. The number of halogens is 1. The lowest BCUT2D eigenvalue weighted by Gasteiger charge is -2.13. The van der Waals surface area contributed by atoms with Crippen molar-refractivity contribution in [3.63, 3.8) is 0 Å². The highest BCUT2D eigenvalue weighted by Crippen LogP contribution is 2.12. The molecule has 0 spiro atoms. The summed E-state index contributed by atoms with van der Waals surface area (Å²) in [5.41, 5.74) is 1.09. The smallest absolute Gasteiger partial charge is 0.326 e. The molecular formula is C15H14ClNO4S. The van der Waals surface area contributed by atoms with Crippen molar-refractivity contribution in [2.45, 2.75) is 26.5 Å². The van der Waals surface area contributed by atoms with Gasteiger partial charge in [0.2, 0.25) is 5.78 Å². The molecule has 0 amide bonds. The molecule has 0 bridgehead atoms. The Morgan fingerprint density at radius 3 is 2.50 bits per heavy atom. The minimum absolute atomic E-state index is 0.202. The fraction of sp³-hybridized carbons (Fsp3) is 0.267. The quantitative estimate of drug-likeness (QED) is 0.620. The van der Waals surface area contributed by atoms with Crippen LogP contribution in [0.4, 0.5) is 0 Å². The van der Waals surface area contributed by atoms with Crippen LogP contribution < -0.4 is 4.87 Å². The number of ether oxygens (including phenoxy) is 1. The molecule has 1 aromatic carbocycles. The third kappa shape index (κ3) is 3.84. The topological polar surface area (TPSA) is 65.4 Å². The van der Waals surface area contributed by atoms with E-state index in [0.717, 1.165) is 11.3 Å². The summed E-state index contributed by atoms with van der Waals surface area (Å²) in [4.78, 5) is 35.3. The molecule has 0 unspecified atom stereocenters. The molecule has 7 heteroatoms. The second-order valence-corrected chi connectivity index (χ2v) is 5.99. The standard InChI is InChI=1S/C15H14ClNO4S/c1-9-8-22-15(20)17(9)7-13(18)21-10(2)14(19)11-3-5-12(16)6-4-11/h3-6,8,10H,7H2,1-2H3/t10-/m1/s1. The first-order chi connectivity index (χ1) is 10.4. The predicted octanol–water partition coefficient (Wildman–Crippen LogP) is 2.69. The van der Waals surface area contributed by atoms with Crippen molar-refractivity contribution in [3.8, 4) is 0 Å². The summed E-state index contributed by atoms with van der Waals surface area (Å²) < 4.78 is 6.42. The lowest BCUT2D eigenvalue weighted by molar-refractivity contribution is -0.147. The van der Waals surface area contributed by atoms with Crippen LogP contribution in [0.1, 0.15) is 23.0 Å². The Bertz CT molecular complexity index is 748. The minimum atomic E-state index is -0.927. The molecule has 2 aromatic rings. The first-order valence-electron chi connectivity index (χ1n) is 6.52. The van der Waals surface area contributed by atoms with Crippen molar-refractivity contribution in [2.75, 3.05) is 0 Å². The van der Waals surface area contributed by atoms with Gasteiger partial charge in [0.1, 0.15) is 6.54 Å². The monoisotopic (exact) mass is 339 g/mol. The van der Waals surface area contributed by atoms with Gasteiger partial charge in [0.05, 0.1) is 0 Å². The van der Waals surface area contributed by atoms with Crippen LogP contribution in [-0.2, 0) is 16.1 Å². The maximum absolute atomic E-state index is 12.1. The second kappa shape index (κ2) is 6.89. The molecule has 0 saturated carbocycles. The molecule has 0 N–H and O–H groups in total. The van der Waals surface area contributed by atoms with E-state index >= 15 is 0 Å². The SMILES string of the molecule is Cc1csc(=O)n1CC(=O)O[C@H](C)C(=O)c1ccc(Cl)cc1. The van der Waals surface area contributed by atoms with Gasteiger partial charge in [-0.15, -0.1) is 0 Å². The molecule has 1 aromatic heterocycles. The van der Waals surface area contributed by atoms with Gasteiger partial charge in [-0.2, -0.15) is 0 Å². The Morgan fingerprint density at radius 2 is 1.95 bits per heavy atom. The molecule has 5 nitrogen and oxygen atoms in total. The summed E-state index contributed by atoms with van der Waals surface area (Å²) in [5.74, 6) is -0.946. The first kappa shape index (κ1) is 16.5. The highest BCUT2D eigenvalue weighted by Gasteiger charge is 2.20. The van der Waals surface area contributed by atoms with Crippen molar-refractivity contribution in [1.29, 1.82) is 0 Å². The van der Waals surface area contributed by atoms with Crippen molar-refractivity contribution >= 4 is 34.7 Å². The Hall–Kier alpha value is -1.92. The minimum Gasteiger partial charge on any atom is -0.453 e. The zero-order valence-electron chi connectivity index (χ0n) is 12.0. The Balaban J connectivity index is 2.00. The van der Waals surface area contributed by atoms with E-state index in [1.807, 2.05) is 0 Å². The average Bonchev–Trinajstić information content (AvgIpc) is 2.79. The van der Waals surface area contributed by atoms with Crippen LogP contribution in [0.5, 0.6) is 0 Å². The number of hydrogen-bond donors (Lipinski definition) is 0. The van der Waals surface area contributed by atoms with E-state index in [1.54, 1.807) is 36.6 Å². The molecule has 0 aliphatic heterocycles. The number of aryl methyl sites for hydroxylation is 1. The summed E-state index contributed by atoms with van der Waals surface area (Å²) in [5, 5.41) is 2.19. The molecule has 22 heavy (non-hydrogen) atoms. The molecule has 0 saturated heterocycles. The molecule has 0 aliphatic carbocycles. The third-order valence-electron chi connectivity index (χ3n) is 3.07. The Labute approximate surface area is 136 Å². The fourth-order valence-corrected chi connectivity index (χ4v) is 2.72. The predicted molar refractivity (Wildman–Crippen MR) is 84.7 cm³/mol. The lowest BCUT2D eigenvalue weighted by Crippen LogP contribution is -2.29. The largest absolute Gasteiger partial charge is 0.453 e. The number of nitrogens with zero attached hydrogens (tertiary/aromatic N) is 1. The number of thiazole rings is 1. The fourth-order valence-electron chi connectivity index (χ4n) is 1.86. The van der Waals surface area contributed by atoms with Crippen molar-refractivity contribution < 1.29 is 14.3 Å². The van der Waals surface area contributed by atoms with E-state index in [4.69, 9.17) is 16.3 Å². The van der Waals surface area contributed by atoms with Gasteiger partial charge in [-0.3, -0.25) is 19.0 Å². The third-order valence-corrected chi connectivity index (χ3v) is 4.20. The highest BCUT2D eigenvalue weighted by molar-refractivity contribution is 7.07. The van der Waals surface area contributed by atoms with Gasteiger partial charge in [-0.1, -0.05) is 22.9 Å². The number of esters is 1. The maximum atomic E-state index is 12.1. The van der Waals surface area contributed by atoms with E-state index in [1.165, 1.54) is 11.5 Å². The van der Waals surface area contributed by atoms with Gasteiger partial charge < -0.3 is 4.74 Å². The summed E-state index contributed by atoms with van der Waals surface area (Å²) in [6, 6.07) is 6.33. The van der Waals surface area contributed by atoms with Gasteiger partial charge in [0.25, 0.3) is 0 Å². The highest BCUT2D eigenvalue weighted by atomic mass is 35.5. The molecule has 1 heterocycles. The summed E-state index contributed by atoms with van der Waals surface area (Å²) in [6.45, 7) is 3.03. The number of rotatable bonds is 5. The van der Waals surface area contributed by atoms with E-state index in [9.17, 15) is 14.4 Å². The number of benzene rings is 1. The summed E-state index contributed by atoms with van der Waals surface area (Å²) in [6.07, 6.45) is -0.927. The van der Waals surface area contributed by atoms with E-state index in [2.05, 4.69) is 0 Å².